The number of hydrogen-bond donors (Lipinski definition) is 2. The summed E-state index contributed by atoms with van der Waals surface area (Å²) >= 11 is 0. The van der Waals surface area contributed by atoms with E-state index < -0.39 is 0 Å². The molecule has 0 unspecified atom stereocenters. The first-order valence-corrected chi connectivity index (χ1v) is 6.21. The molecule has 0 bridgehead atoms. The fraction of sp³-hybridized carbons (Fsp3) is 0.917. The van der Waals surface area contributed by atoms with Gasteiger partial charge in [-0.3, -0.25) is 10.3 Å². The molecule has 92 valence electrons. The van der Waals surface area contributed by atoms with E-state index in [2.05, 4.69) is 4.90 Å². The second kappa shape index (κ2) is 4.72. The van der Waals surface area contributed by atoms with Gasteiger partial charge in [-0.2, -0.15) is 0 Å². The Labute approximate surface area is 97.6 Å². The van der Waals surface area contributed by atoms with Gasteiger partial charge in [0.2, 0.25) is 0 Å². The monoisotopic (exact) mass is 225 g/mol. The summed E-state index contributed by atoms with van der Waals surface area (Å²) in [7, 11) is 1.76. The molecule has 2 fully saturated rings. The van der Waals surface area contributed by atoms with Crippen LogP contribution in [0.15, 0.2) is 0 Å². The maximum Gasteiger partial charge on any atom is 0.0911 e. The SMILES string of the molecule is COCCN(CC1(CC(=N)N)CC1)C1CC1. The van der Waals surface area contributed by atoms with Gasteiger partial charge < -0.3 is 10.5 Å². The summed E-state index contributed by atoms with van der Waals surface area (Å²) in [6.07, 6.45) is 5.93. The van der Waals surface area contributed by atoms with Crippen molar-refractivity contribution in [2.75, 3.05) is 26.8 Å². The highest BCUT2D eigenvalue weighted by Crippen LogP contribution is 2.50. The molecule has 16 heavy (non-hydrogen) atoms. The van der Waals surface area contributed by atoms with Crippen LogP contribution in [-0.4, -0.2) is 43.6 Å². The summed E-state index contributed by atoms with van der Waals surface area (Å²) in [5.74, 6) is 0.347. The number of nitrogens with zero attached hydrogens (tertiary/aromatic N) is 1. The molecule has 0 radical (unpaired) electrons. The second-order valence-electron chi connectivity index (χ2n) is 5.40. The molecule has 2 aliphatic carbocycles. The molecule has 0 aromatic heterocycles. The summed E-state index contributed by atoms with van der Waals surface area (Å²) < 4.78 is 5.16. The third-order valence-electron chi connectivity index (χ3n) is 3.71. The van der Waals surface area contributed by atoms with Crippen molar-refractivity contribution < 1.29 is 4.74 Å². The minimum atomic E-state index is 0.335. The zero-order chi connectivity index (χ0) is 11.6. The van der Waals surface area contributed by atoms with E-state index in [1.54, 1.807) is 7.11 Å². The first-order chi connectivity index (χ1) is 7.65. The summed E-state index contributed by atoms with van der Waals surface area (Å²) in [6.45, 7) is 2.95. The van der Waals surface area contributed by atoms with E-state index in [-0.39, 0.29) is 0 Å². The van der Waals surface area contributed by atoms with Crippen LogP contribution in [0.2, 0.25) is 0 Å². The van der Waals surface area contributed by atoms with Crippen LogP contribution in [0.3, 0.4) is 0 Å². The molecule has 2 aliphatic rings. The fourth-order valence-electron chi connectivity index (χ4n) is 2.44. The van der Waals surface area contributed by atoms with Gasteiger partial charge in [0.25, 0.3) is 0 Å². The number of amidine groups is 1. The predicted molar refractivity (Wildman–Crippen MR) is 64.7 cm³/mol. The molecule has 0 aromatic carbocycles. The van der Waals surface area contributed by atoms with Crippen LogP contribution in [0.25, 0.3) is 0 Å². The summed E-state index contributed by atoms with van der Waals surface area (Å²) in [6, 6.07) is 0.777. The van der Waals surface area contributed by atoms with Crippen LogP contribution in [-0.2, 0) is 4.74 Å². The normalized spacial score (nSPS) is 22.4. The van der Waals surface area contributed by atoms with Gasteiger partial charge in [0.05, 0.1) is 12.4 Å². The van der Waals surface area contributed by atoms with Gasteiger partial charge in [0.1, 0.15) is 0 Å². The predicted octanol–water partition coefficient (Wildman–Crippen LogP) is 1.20. The zero-order valence-electron chi connectivity index (χ0n) is 10.2. The number of hydrogen-bond acceptors (Lipinski definition) is 3. The van der Waals surface area contributed by atoms with E-state index in [0.717, 1.165) is 32.2 Å². The summed E-state index contributed by atoms with van der Waals surface area (Å²) in [5.41, 5.74) is 5.86. The van der Waals surface area contributed by atoms with Crippen LogP contribution in [0, 0.1) is 10.8 Å². The van der Waals surface area contributed by atoms with Crippen LogP contribution < -0.4 is 5.73 Å². The molecule has 0 spiro atoms. The van der Waals surface area contributed by atoms with Crippen molar-refractivity contribution in [3.05, 3.63) is 0 Å². The molecule has 0 atom stereocenters. The summed E-state index contributed by atoms with van der Waals surface area (Å²) in [4.78, 5) is 2.54. The average molecular weight is 225 g/mol. The number of methoxy groups -OCH3 is 1. The second-order valence-corrected chi connectivity index (χ2v) is 5.40. The molecule has 0 saturated heterocycles. The van der Waals surface area contributed by atoms with Gasteiger partial charge in [-0.25, -0.2) is 0 Å². The van der Waals surface area contributed by atoms with E-state index in [0.29, 0.717) is 11.3 Å². The van der Waals surface area contributed by atoms with Gasteiger partial charge in [-0.1, -0.05) is 0 Å². The van der Waals surface area contributed by atoms with E-state index in [1.807, 2.05) is 0 Å². The Morgan fingerprint density at radius 1 is 1.50 bits per heavy atom. The van der Waals surface area contributed by atoms with Gasteiger partial charge in [-0.15, -0.1) is 0 Å². The standard InChI is InChI=1S/C12H23N3O/c1-16-7-6-15(10-2-3-10)9-12(4-5-12)8-11(13)14/h10H,2-9H2,1H3,(H3,13,14). The first kappa shape index (κ1) is 11.9. The van der Waals surface area contributed by atoms with Crippen LogP contribution in [0.1, 0.15) is 32.1 Å². The van der Waals surface area contributed by atoms with Crippen LogP contribution >= 0.6 is 0 Å². The topological polar surface area (TPSA) is 62.3 Å². The maximum atomic E-state index is 7.43. The van der Waals surface area contributed by atoms with E-state index >= 15 is 0 Å². The van der Waals surface area contributed by atoms with Gasteiger partial charge >= 0.3 is 0 Å². The molecular formula is C12H23N3O. The minimum absolute atomic E-state index is 0.335. The number of rotatable bonds is 8. The van der Waals surface area contributed by atoms with Crippen molar-refractivity contribution in [3.63, 3.8) is 0 Å². The van der Waals surface area contributed by atoms with E-state index in [9.17, 15) is 0 Å². The number of ether oxygens (including phenoxy) is 1. The van der Waals surface area contributed by atoms with Crippen LogP contribution in [0.4, 0.5) is 0 Å². The Balaban J connectivity index is 1.82. The number of nitrogens with two attached hydrogens (primary N) is 1. The first-order valence-electron chi connectivity index (χ1n) is 6.21. The lowest BCUT2D eigenvalue weighted by Crippen LogP contribution is -2.36. The lowest BCUT2D eigenvalue weighted by atomic mass is 10.0. The lowest BCUT2D eigenvalue weighted by Gasteiger charge is -2.27. The lowest BCUT2D eigenvalue weighted by molar-refractivity contribution is 0.128. The van der Waals surface area contributed by atoms with E-state index in [4.69, 9.17) is 15.9 Å². The zero-order valence-corrected chi connectivity index (χ0v) is 10.2. The van der Waals surface area contributed by atoms with Crippen molar-refractivity contribution in [2.24, 2.45) is 11.1 Å². The van der Waals surface area contributed by atoms with Crippen LogP contribution in [0.5, 0.6) is 0 Å². The van der Waals surface area contributed by atoms with Gasteiger partial charge in [-0.05, 0) is 31.1 Å². The molecule has 3 N–H and O–H groups in total. The Morgan fingerprint density at radius 3 is 2.62 bits per heavy atom. The molecule has 0 aromatic rings. The third-order valence-corrected chi connectivity index (χ3v) is 3.71. The summed E-state index contributed by atoms with van der Waals surface area (Å²) in [5, 5.41) is 7.43. The molecule has 4 heteroatoms. The smallest absolute Gasteiger partial charge is 0.0911 e. The fourth-order valence-corrected chi connectivity index (χ4v) is 2.44. The molecule has 0 aliphatic heterocycles. The van der Waals surface area contributed by atoms with Crippen molar-refractivity contribution in [2.45, 2.75) is 38.1 Å². The average Bonchev–Trinajstić information content (AvgIpc) is 3.05. The Morgan fingerprint density at radius 2 is 2.19 bits per heavy atom. The minimum Gasteiger partial charge on any atom is -0.388 e. The molecular weight excluding hydrogens is 202 g/mol. The molecule has 0 amide bonds. The largest absolute Gasteiger partial charge is 0.388 e. The molecule has 2 rings (SSSR count). The highest BCUT2D eigenvalue weighted by Gasteiger charge is 2.46. The molecule has 4 nitrogen and oxygen atoms in total. The third kappa shape index (κ3) is 3.19. The molecule has 2 saturated carbocycles. The maximum absolute atomic E-state index is 7.43. The van der Waals surface area contributed by atoms with Gasteiger partial charge in [0.15, 0.2) is 0 Å². The van der Waals surface area contributed by atoms with Crippen molar-refractivity contribution in [1.29, 1.82) is 5.41 Å². The van der Waals surface area contributed by atoms with E-state index in [1.165, 1.54) is 25.7 Å². The highest BCUT2D eigenvalue weighted by molar-refractivity contribution is 5.78. The number of nitrogens with one attached hydrogen (secondary N) is 1. The highest BCUT2D eigenvalue weighted by atomic mass is 16.5. The van der Waals surface area contributed by atoms with Crippen molar-refractivity contribution >= 4 is 5.84 Å². The van der Waals surface area contributed by atoms with Crippen molar-refractivity contribution in [3.8, 4) is 0 Å². The Kier molecular flexibility index (Phi) is 3.50. The quantitative estimate of drug-likeness (QED) is 0.482. The Bertz CT molecular complexity index is 259. The van der Waals surface area contributed by atoms with Crippen molar-refractivity contribution in [1.82, 2.24) is 4.90 Å². The molecule has 0 heterocycles. The Hall–Kier alpha value is -0.610. The van der Waals surface area contributed by atoms with Gasteiger partial charge in [0, 0.05) is 32.7 Å².